The van der Waals surface area contributed by atoms with Crippen LogP contribution in [-0.2, 0) is 6.61 Å². The van der Waals surface area contributed by atoms with E-state index >= 15 is 0 Å². The molecule has 0 bridgehead atoms. The molecule has 0 spiro atoms. The fourth-order valence-corrected chi connectivity index (χ4v) is 2.35. The van der Waals surface area contributed by atoms with Gasteiger partial charge < -0.3 is 19.4 Å². The number of fused-ring (bicyclic) bond motifs is 1. The van der Waals surface area contributed by atoms with E-state index in [0.717, 1.165) is 0 Å². The summed E-state index contributed by atoms with van der Waals surface area (Å²) in [7, 11) is 1.57. The van der Waals surface area contributed by atoms with Crippen molar-refractivity contribution >= 4 is 11.0 Å². The summed E-state index contributed by atoms with van der Waals surface area (Å²) in [4.78, 5) is 12.6. The van der Waals surface area contributed by atoms with Crippen LogP contribution in [0.1, 0.15) is 5.56 Å². The molecular weight excluding hydrogens is 284 g/mol. The van der Waals surface area contributed by atoms with Crippen molar-refractivity contribution in [3.05, 3.63) is 58.4 Å². The molecule has 22 heavy (non-hydrogen) atoms. The summed E-state index contributed by atoms with van der Waals surface area (Å²) in [5.74, 6) is 0.482. The Bertz CT molecular complexity index is 878. The Morgan fingerprint density at radius 1 is 1.18 bits per heavy atom. The first-order chi connectivity index (χ1) is 10.6. The number of benzene rings is 2. The quantitative estimate of drug-likeness (QED) is 0.777. The van der Waals surface area contributed by atoms with Crippen LogP contribution in [0.3, 0.4) is 0 Å². The van der Waals surface area contributed by atoms with Gasteiger partial charge >= 0.3 is 0 Å². The topological polar surface area (TPSA) is 79.9 Å². The molecule has 2 aromatic carbocycles. The van der Waals surface area contributed by atoms with Crippen LogP contribution in [0.2, 0.25) is 0 Å². The Morgan fingerprint density at radius 2 is 1.91 bits per heavy atom. The Kier molecular flexibility index (Phi) is 3.56. The van der Waals surface area contributed by atoms with Crippen molar-refractivity contribution in [3.63, 3.8) is 0 Å². The first-order valence-corrected chi connectivity index (χ1v) is 6.66. The second-order valence-electron chi connectivity index (χ2n) is 4.85. The number of phenols is 1. The summed E-state index contributed by atoms with van der Waals surface area (Å²) in [6, 6.07) is 9.87. The monoisotopic (exact) mass is 298 g/mol. The smallest absolute Gasteiger partial charge is 0.204 e. The predicted octanol–water partition coefficient (Wildman–Crippen LogP) is 2.67. The van der Waals surface area contributed by atoms with E-state index in [-0.39, 0.29) is 28.8 Å². The molecular formula is C17H14O5. The molecule has 0 aliphatic rings. The van der Waals surface area contributed by atoms with Gasteiger partial charge in [0.05, 0.1) is 19.3 Å². The molecule has 5 nitrogen and oxygen atoms in total. The number of phenolic OH excluding ortho intramolecular Hbond substituents is 1. The molecule has 3 rings (SSSR count). The first-order valence-electron chi connectivity index (χ1n) is 6.66. The third-order valence-electron chi connectivity index (χ3n) is 3.50. The van der Waals surface area contributed by atoms with Gasteiger partial charge in [-0.3, -0.25) is 4.79 Å². The zero-order valence-electron chi connectivity index (χ0n) is 11.9. The van der Waals surface area contributed by atoms with Gasteiger partial charge in [-0.25, -0.2) is 0 Å². The van der Waals surface area contributed by atoms with Gasteiger partial charge in [0.15, 0.2) is 0 Å². The summed E-state index contributed by atoms with van der Waals surface area (Å²) in [6.45, 7) is -0.243. The SMILES string of the molecule is COc1ccc(-c2coc3cc(CO)cc(O)c3c2=O)cc1. The highest BCUT2D eigenvalue weighted by molar-refractivity contribution is 5.87. The lowest BCUT2D eigenvalue weighted by Gasteiger charge is -2.06. The van der Waals surface area contributed by atoms with E-state index in [4.69, 9.17) is 14.3 Å². The van der Waals surface area contributed by atoms with E-state index in [9.17, 15) is 9.90 Å². The van der Waals surface area contributed by atoms with Gasteiger partial charge in [0, 0.05) is 0 Å². The summed E-state index contributed by atoms with van der Waals surface area (Å²) < 4.78 is 10.5. The number of aliphatic hydroxyl groups excluding tert-OH is 1. The third-order valence-corrected chi connectivity index (χ3v) is 3.50. The highest BCUT2D eigenvalue weighted by atomic mass is 16.5. The normalized spacial score (nSPS) is 10.8. The van der Waals surface area contributed by atoms with Gasteiger partial charge in [0.2, 0.25) is 5.43 Å². The number of hydrogen-bond acceptors (Lipinski definition) is 5. The van der Waals surface area contributed by atoms with E-state index in [1.807, 2.05) is 0 Å². The Labute approximate surface area is 126 Å². The number of ether oxygens (including phenoxy) is 1. The molecule has 0 amide bonds. The highest BCUT2D eigenvalue weighted by Crippen LogP contribution is 2.27. The first kappa shape index (κ1) is 14.2. The molecule has 0 saturated heterocycles. The molecule has 0 aliphatic carbocycles. The number of methoxy groups -OCH3 is 1. The molecule has 0 saturated carbocycles. The lowest BCUT2D eigenvalue weighted by molar-refractivity contribution is 0.281. The minimum absolute atomic E-state index is 0.102. The van der Waals surface area contributed by atoms with E-state index < -0.39 is 0 Å². The van der Waals surface area contributed by atoms with Crippen LogP contribution >= 0.6 is 0 Å². The fraction of sp³-hybridized carbons (Fsp3) is 0.118. The average molecular weight is 298 g/mol. The van der Waals surface area contributed by atoms with Gasteiger partial charge in [-0.1, -0.05) is 12.1 Å². The van der Waals surface area contributed by atoms with Crippen LogP contribution in [0.4, 0.5) is 0 Å². The van der Waals surface area contributed by atoms with Crippen LogP contribution in [0.5, 0.6) is 11.5 Å². The Morgan fingerprint density at radius 3 is 2.55 bits per heavy atom. The highest BCUT2D eigenvalue weighted by Gasteiger charge is 2.13. The van der Waals surface area contributed by atoms with Crippen molar-refractivity contribution in [2.24, 2.45) is 0 Å². The van der Waals surface area contributed by atoms with Crippen molar-refractivity contribution < 1.29 is 19.4 Å². The van der Waals surface area contributed by atoms with E-state index in [1.54, 1.807) is 31.4 Å². The van der Waals surface area contributed by atoms with Crippen LogP contribution in [0.25, 0.3) is 22.1 Å². The second kappa shape index (κ2) is 5.54. The lowest BCUT2D eigenvalue weighted by atomic mass is 10.0. The van der Waals surface area contributed by atoms with Gasteiger partial charge in [-0.05, 0) is 35.4 Å². The molecule has 0 atom stereocenters. The van der Waals surface area contributed by atoms with Gasteiger partial charge in [-0.15, -0.1) is 0 Å². The maximum absolute atomic E-state index is 12.6. The van der Waals surface area contributed by atoms with Crippen LogP contribution < -0.4 is 10.2 Å². The molecule has 2 N–H and O–H groups in total. The molecule has 112 valence electrons. The Hall–Kier alpha value is -2.79. The van der Waals surface area contributed by atoms with Crippen LogP contribution in [0, 0.1) is 0 Å². The summed E-state index contributed by atoms with van der Waals surface area (Å²) >= 11 is 0. The minimum Gasteiger partial charge on any atom is -0.507 e. The molecule has 0 unspecified atom stereocenters. The third kappa shape index (κ3) is 2.31. The molecule has 5 heteroatoms. The molecule has 1 heterocycles. The second-order valence-corrected chi connectivity index (χ2v) is 4.85. The van der Waals surface area contributed by atoms with E-state index in [0.29, 0.717) is 22.4 Å². The van der Waals surface area contributed by atoms with E-state index in [1.165, 1.54) is 18.4 Å². The Balaban J connectivity index is 2.21. The number of aliphatic hydroxyl groups is 1. The minimum atomic E-state index is -0.326. The summed E-state index contributed by atoms with van der Waals surface area (Å²) in [5, 5.41) is 19.3. The molecule has 0 aliphatic heterocycles. The zero-order valence-corrected chi connectivity index (χ0v) is 11.9. The fourth-order valence-electron chi connectivity index (χ4n) is 2.35. The van der Waals surface area contributed by atoms with Crippen LogP contribution in [-0.4, -0.2) is 17.3 Å². The van der Waals surface area contributed by atoms with Gasteiger partial charge in [-0.2, -0.15) is 0 Å². The summed E-state index contributed by atoms with van der Waals surface area (Å²) in [6.07, 6.45) is 1.35. The van der Waals surface area contributed by atoms with Crippen molar-refractivity contribution in [2.45, 2.75) is 6.61 Å². The maximum atomic E-state index is 12.6. The molecule has 3 aromatic rings. The van der Waals surface area contributed by atoms with Crippen molar-refractivity contribution in [1.29, 1.82) is 0 Å². The molecule has 0 radical (unpaired) electrons. The van der Waals surface area contributed by atoms with Crippen molar-refractivity contribution in [1.82, 2.24) is 0 Å². The number of rotatable bonds is 3. The van der Waals surface area contributed by atoms with Crippen molar-refractivity contribution in [2.75, 3.05) is 7.11 Å². The molecule has 1 aromatic heterocycles. The number of aromatic hydroxyl groups is 1. The van der Waals surface area contributed by atoms with Gasteiger partial charge in [0.1, 0.15) is 28.7 Å². The largest absolute Gasteiger partial charge is 0.507 e. The van der Waals surface area contributed by atoms with Gasteiger partial charge in [0.25, 0.3) is 0 Å². The summed E-state index contributed by atoms with van der Waals surface area (Å²) in [5.41, 5.74) is 1.41. The molecule has 0 fully saturated rings. The van der Waals surface area contributed by atoms with Crippen LogP contribution in [0.15, 0.2) is 51.9 Å². The lowest BCUT2D eigenvalue weighted by Crippen LogP contribution is -2.05. The predicted molar refractivity (Wildman–Crippen MR) is 82.1 cm³/mol. The number of hydrogen-bond donors (Lipinski definition) is 2. The maximum Gasteiger partial charge on any atom is 0.204 e. The van der Waals surface area contributed by atoms with E-state index in [2.05, 4.69) is 0 Å². The van der Waals surface area contributed by atoms with Crippen molar-refractivity contribution in [3.8, 4) is 22.6 Å². The average Bonchev–Trinajstić information content (AvgIpc) is 2.55. The standard InChI is InChI=1S/C17H14O5/c1-21-12-4-2-11(3-5-12)13-9-22-15-7-10(8-18)6-14(19)16(15)17(13)20/h2-7,9,18-19H,8H2,1H3. The zero-order chi connectivity index (χ0) is 15.7.